The summed E-state index contributed by atoms with van der Waals surface area (Å²) in [4.78, 5) is 14.3. The number of halogens is 1. The lowest BCUT2D eigenvalue weighted by Gasteiger charge is -2.34. The summed E-state index contributed by atoms with van der Waals surface area (Å²) in [5.74, 6) is 0.473. The molecule has 2 N–H and O–H groups in total. The van der Waals surface area contributed by atoms with Crippen molar-refractivity contribution in [1.82, 2.24) is 4.90 Å². The van der Waals surface area contributed by atoms with Crippen LogP contribution in [0.1, 0.15) is 32.3 Å². The number of benzene rings is 1. The largest absolute Gasteiger partial charge is 0.339 e. The molecule has 1 aromatic rings. The molecular weight excluding hydrogens is 284 g/mol. The minimum Gasteiger partial charge on any atom is -0.339 e. The van der Waals surface area contributed by atoms with E-state index in [-0.39, 0.29) is 11.9 Å². The van der Waals surface area contributed by atoms with Crippen LogP contribution in [-0.4, -0.2) is 29.9 Å². The van der Waals surface area contributed by atoms with E-state index in [1.54, 1.807) is 6.08 Å². The van der Waals surface area contributed by atoms with Gasteiger partial charge in [0.1, 0.15) is 0 Å². The van der Waals surface area contributed by atoms with E-state index in [1.807, 2.05) is 43.0 Å². The second-order valence-electron chi connectivity index (χ2n) is 5.88. The third kappa shape index (κ3) is 4.32. The molecule has 1 fully saturated rings. The van der Waals surface area contributed by atoms with Gasteiger partial charge in [-0.15, -0.1) is 0 Å². The van der Waals surface area contributed by atoms with E-state index in [2.05, 4.69) is 0 Å². The molecular formula is C17H23ClN2O. The van der Waals surface area contributed by atoms with Gasteiger partial charge in [-0.3, -0.25) is 4.79 Å². The van der Waals surface area contributed by atoms with Crippen molar-refractivity contribution in [3.8, 4) is 0 Å². The van der Waals surface area contributed by atoms with Crippen LogP contribution in [0.5, 0.6) is 0 Å². The van der Waals surface area contributed by atoms with Crippen molar-refractivity contribution < 1.29 is 4.79 Å². The smallest absolute Gasteiger partial charge is 0.246 e. The van der Waals surface area contributed by atoms with Crippen LogP contribution in [0.25, 0.3) is 5.57 Å². The first-order valence-electron chi connectivity index (χ1n) is 7.46. The number of hydrogen-bond acceptors (Lipinski definition) is 2. The van der Waals surface area contributed by atoms with Crippen LogP contribution in [0.2, 0.25) is 5.02 Å². The standard InChI is InChI=1S/C17H23ClN2O/c1-12(14-5-3-7-16(18)10-14)9-17(21)20-8-4-6-15(11-20)13(2)19/h3,5,7,9-10,13,15H,4,6,8,11,19H2,1-2H3. The molecule has 0 aromatic heterocycles. The van der Waals surface area contributed by atoms with Gasteiger partial charge in [-0.05, 0) is 55.9 Å². The first-order chi connectivity index (χ1) is 9.97. The molecule has 4 heteroatoms. The van der Waals surface area contributed by atoms with Crippen LogP contribution in [0.15, 0.2) is 30.3 Å². The summed E-state index contributed by atoms with van der Waals surface area (Å²) in [7, 11) is 0. The molecule has 1 aliphatic heterocycles. The van der Waals surface area contributed by atoms with E-state index in [9.17, 15) is 4.79 Å². The molecule has 2 unspecified atom stereocenters. The molecule has 0 spiro atoms. The molecule has 0 bridgehead atoms. The Kier molecular flexibility index (Phi) is 5.43. The number of rotatable bonds is 3. The first kappa shape index (κ1) is 16.1. The summed E-state index contributed by atoms with van der Waals surface area (Å²) in [5.41, 5.74) is 7.89. The average molecular weight is 307 g/mol. The van der Waals surface area contributed by atoms with Gasteiger partial charge in [0.25, 0.3) is 0 Å². The first-order valence-corrected chi connectivity index (χ1v) is 7.84. The van der Waals surface area contributed by atoms with Crippen LogP contribution >= 0.6 is 11.6 Å². The van der Waals surface area contributed by atoms with E-state index in [0.717, 1.165) is 37.1 Å². The summed E-state index contributed by atoms with van der Waals surface area (Å²) in [6, 6.07) is 7.71. The van der Waals surface area contributed by atoms with Crippen molar-refractivity contribution in [2.45, 2.75) is 32.7 Å². The maximum Gasteiger partial charge on any atom is 0.246 e. The van der Waals surface area contributed by atoms with Gasteiger partial charge in [0.15, 0.2) is 0 Å². The quantitative estimate of drug-likeness (QED) is 0.871. The summed E-state index contributed by atoms with van der Waals surface area (Å²) < 4.78 is 0. The van der Waals surface area contributed by atoms with Gasteiger partial charge in [-0.1, -0.05) is 23.7 Å². The third-order valence-electron chi connectivity index (χ3n) is 4.13. The lowest BCUT2D eigenvalue weighted by atomic mass is 9.92. The van der Waals surface area contributed by atoms with Crippen molar-refractivity contribution >= 4 is 23.1 Å². The van der Waals surface area contributed by atoms with Crippen LogP contribution in [0.4, 0.5) is 0 Å². The normalized spacial score (nSPS) is 21.2. The van der Waals surface area contributed by atoms with Gasteiger partial charge in [0.2, 0.25) is 5.91 Å². The van der Waals surface area contributed by atoms with E-state index in [1.165, 1.54) is 0 Å². The fraction of sp³-hybridized carbons (Fsp3) is 0.471. The number of amides is 1. The minimum atomic E-state index is 0.0674. The molecule has 0 radical (unpaired) electrons. The number of carbonyl (C=O) groups is 1. The minimum absolute atomic E-state index is 0.0674. The van der Waals surface area contributed by atoms with Gasteiger partial charge in [-0.2, -0.15) is 0 Å². The second kappa shape index (κ2) is 7.10. The Bertz CT molecular complexity index is 539. The summed E-state index contributed by atoms with van der Waals surface area (Å²) >= 11 is 5.99. The number of hydrogen-bond donors (Lipinski definition) is 1. The lowest BCUT2D eigenvalue weighted by molar-refractivity contribution is -0.127. The molecule has 3 nitrogen and oxygen atoms in total. The number of allylic oxidation sites excluding steroid dienone is 1. The van der Waals surface area contributed by atoms with Crippen molar-refractivity contribution in [3.63, 3.8) is 0 Å². The molecule has 2 atom stereocenters. The van der Waals surface area contributed by atoms with Crippen molar-refractivity contribution in [2.75, 3.05) is 13.1 Å². The zero-order valence-electron chi connectivity index (χ0n) is 12.7. The van der Waals surface area contributed by atoms with Crippen LogP contribution in [0.3, 0.4) is 0 Å². The summed E-state index contributed by atoms with van der Waals surface area (Å²) in [6.45, 7) is 5.54. The number of likely N-dealkylation sites (tertiary alicyclic amines) is 1. The Morgan fingerprint density at radius 3 is 2.95 bits per heavy atom. The number of nitrogens with zero attached hydrogens (tertiary/aromatic N) is 1. The van der Waals surface area contributed by atoms with Gasteiger partial charge < -0.3 is 10.6 Å². The van der Waals surface area contributed by atoms with E-state index < -0.39 is 0 Å². The summed E-state index contributed by atoms with van der Waals surface area (Å²) in [5, 5.41) is 0.683. The Hall–Kier alpha value is -1.32. The third-order valence-corrected chi connectivity index (χ3v) is 4.37. The van der Waals surface area contributed by atoms with Gasteiger partial charge in [0.05, 0.1) is 0 Å². The predicted molar refractivity (Wildman–Crippen MR) is 88.1 cm³/mol. The van der Waals surface area contributed by atoms with Crippen LogP contribution in [-0.2, 0) is 4.79 Å². The average Bonchev–Trinajstić information content (AvgIpc) is 2.47. The highest BCUT2D eigenvalue weighted by Crippen LogP contribution is 2.21. The van der Waals surface area contributed by atoms with Crippen LogP contribution < -0.4 is 5.73 Å². The molecule has 114 valence electrons. The Morgan fingerprint density at radius 2 is 2.29 bits per heavy atom. The van der Waals surface area contributed by atoms with Crippen molar-refractivity contribution in [3.05, 3.63) is 40.9 Å². The van der Waals surface area contributed by atoms with Gasteiger partial charge in [0, 0.05) is 30.2 Å². The van der Waals surface area contributed by atoms with Crippen molar-refractivity contribution in [2.24, 2.45) is 11.7 Å². The zero-order valence-corrected chi connectivity index (χ0v) is 13.4. The maximum atomic E-state index is 12.4. The Balaban J connectivity index is 2.07. The second-order valence-corrected chi connectivity index (χ2v) is 6.32. The highest BCUT2D eigenvalue weighted by Gasteiger charge is 2.24. The van der Waals surface area contributed by atoms with Crippen LogP contribution in [0, 0.1) is 5.92 Å². The molecule has 1 aromatic carbocycles. The Labute approximate surface area is 131 Å². The van der Waals surface area contributed by atoms with E-state index in [4.69, 9.17) is 17.3 Å². The highest BCUT2D eigenvalue weighted by molar-refractivity contribution is 6.30. The number of carbonyl (C=O) groups excluding carboxylic acids is 1. The number of nitrogens with two attached hydrogens (primary N) is 1. The number of piperidine rings is 1. The molecule has 1 amide bonds. The monoisotopic (exact) mass is 306 g/mol. The van der Waals surface area contributed by atoms with E-state index >= 15 is 0 Å². The highest BCUT2D eigenvalue weighted by atomic mass is 35.5. The van der Waals surface area contributed by atoms with Crippen molar-refractivity contribution in [1.29, 1.82) is 0 Å². The SMILES string of the molecule is CC(=CC(=O)N1CCCC(C(C)N)C1)c1cccc(Cl)c1. The fourth-order valence-electron chi connectivity index (χ4n) is 2.73. The van der Waals surface area contributed by atoms with E-state index in [0.29, 0.717) is 10.9 Å². The maximum absolute atomic E-state index is 12.4. The molecule has 1 saturated heterocycles. The molecule has 1 aliphatic rings. The molecule has 2 rings (SSSR count). The molecule has 0 saturated carbocycles. The fourth-order valence-corrected chi connectivity index (χ4v) is 2.92. The molecule has 0 aliphatic carbocycles. The summed E-state index contributed by atoms with van der Waals surface area (Å²) in [6.07, 6.45) is 3.84. The topological polar surface area (TPSA) is 46.3 Å². The van der Waals surface area contributed by atoms with Gasteiger partial charge >= 0.3 is 0 Å². The zero-order chi connectivity index (χ0) is 15.4. The Morgan fingerprint density at radius 1 is 1.52 bits per heavy atom. The molecule has 1 heterocycles. The lowest BCUT2D eigenvalue weighted by Crippen LogP contribution is -2.44. The molecule has 21 heavy (non-hydrogen) atoms. The predicted octanol–water partition coefficient (Wildman–Crippen LogP) is 3.33. The van der Waals surface area contributed by atoms with Gasteiger partial charge in [-0.25, -0.2) is 0 Å².